The van der Waals surface area contributed by atoms with Gasteiger partial charge in [0.25, 0.3) is 11.5 Å². The first-order valence-electron chi connectivity index (χ1n) is 10.2. The van der Waals surface area contributed by atoms with Gasteiger partial charge in [-0.15, -0.1) is 0 Å². The second kappa shape index (κ2) is 6.32. The maximum Gasteiger partial charge on any atom is 0.263 e. The number of benzene rings is 1. The molecule has 5 aliphatic heterocycles. The fourth-order valence-corrected chi connectivity index (χ4v) is 5.74. The largest absolute Gasteiger partial charge is 0.454 e. The molecule has 7 rings (SSSR count). The second-order valence-corrected chi connectivity index (χ2v) is 8.33. The summed E-state index contributed by atoms with van der Waals surface area (Å²) in [7, 11) is 0. The number of nitrogens with zero attached hydrogens (tertiary/aromatic N) is 3. The molecule has 6 heterocycles. The van der Waals surface area contributed by atoms with Crippen LogP contribution in [-0.2, 0) is 0 Å². The Bertz CT molecular complexity index is 1030. The Morgan fingerprint density at radius 2 is 1.97 bits per heavy atom. The standard InChI is InChI=1S/C21H22N4O4/c26-20-14(8-22-10-23-20)21(27)25-9-15(13-1-2-16-17(7-13)29-11-28-16)19-18(25)12-3-5-24(19)6-4-12/h1-2,7-8,10,12,15,18-19H,3-6,9,11H2,(H,22,23,26)/t15-,18+,19+/m0/s1. The Balaban J connectivity index is 1.40. The molecular formula is C21H22N4O4. The number of H-pyrrole nitrogens is 1. The van der Waals surface area contributed by atoms with Crippen LogP contribution in [0.15, 0.2) is 35.5 Å². The maximum absolute atomic E-state index is 13.4. The summed E-state index contributed by atoms with van der Waals surface area (Å²) in [5, 5.41) is 0. The van der Waals surface area contributed by atoms with Gasteiger partial charge in [-0.2, -0.15) is 0 Å². The zero-order chi connectivity index (χ0) is 19.5. The highest BCUT2D eigenvalue weighted by Gasteiger charge is 2.55. The number of carbonyl (C=O) groups excluding carboxylic acids is 1. The van der Waals surface area contributed by atoms with Crippen molar-refractivity contribution in [1.82, 2.24) is 19.8 Å². The monoisotopic (exact) mass is 394 g/mol. The van der Waals surface area contributed by atoms with Gasteiger partial charge in [0.1, 0.15) is 5.56 Å². The van der Waals surface area contributed by atoms with E-state index in [1.54, 1.807) is 0 Å². The molecule has 150 valence electrons. The number of ether oxygens (including phenoxy) is 2. The van der Waals surface area contributed by atoms with E-state index in [1.165, 1.54) is 12.5 Å². The average molecular weight is 394 g/mol. The zero-order valence-electron chi connectivity index (χ0n) is 15.9. The molecule has 2 bridgehead atoms. The molecule has 2 aromatic rings. The van der Waals surface area contributed by atoms with Crippen LogP contribution >= 0.6 is 0 Å². The summed E-state index contributed by atoms with van der Waals surface area (Å²) in [6.45, 7) is 2.98. The van der Waals surface area contributed by atoms with E-state index < -0.39 is 0 Å². The van der Waals surface area contributed by atoms with Crippen molar-refractivity contribution in [2.24, 2.45) is 5.92 Å². The number of hydrogen-bond acceptors (Lipinski definition) is 6. The van der Waals surface area contributed by atoms with Gasteiger partial charge in [-0.1, -0.05) is 6.07 Å². The Kier molecular flexibility index (Phi) is 3.71. The molecule has 4 saturated heterocycles. The Morgan fingerprint density at radius 1 is 1.14 bits per heavy atom. The summed E-state index contributed by atoms with van der Waals surface area (Å²) < 4.78 is 11.0. The average Bonchev–Trinajstić information content (AvgIpc) is 3.40. The maximum atomic E-state index is 13.4. The Morgan fingerprint density at radius 3 is 2.79 bits per heavy atom. The molecule has 0 saturated carbocycles. The van der Waals surface area contributed by atoms with Gasteiger partial charge in [-0.3, -0.25) is 14.5 Å². The Hall–Kier alpha value is -2.87. The van der Waals surface area contributed by atoms with E-state index in [2.05, 4.69) is 27.0 Å². The fourth-order valence-electron chi connectivity index (χ4n) is 5.74. The van der Waals surface area contributed by atoms with Crippen LogP contribution in [0.2, 0.25) is 0 Å². The lowest BCUT2D eigenvalue weighted by Gasteiger charge is -2.51. The molecular weight excluding hydrogens is 372 g/mol. The highest BCUT2D eigenvalue weighted by atomic mass is 16.7. The quantitative estimate of drug-likeness (QED) is 0.824. The first kappa shape index (κ1) is 17.0. The van der Waals surface area contributed by atoms with E-state index in [1.807, 2.05) is 11.0 Å². The number of piperidine rings is 3. The first-order valence-corrected chi connectivity index (χ1v) is 10.2. The summed E-state index contributed by atoms with van der Waals surface area (Å²) in [5.41, 5.74) is 0.899. The number of fused-ring (bicyclic) bond motifs is 3. The molecule has 3 atom stereocenters. The van der Waals surface area contributed by atoms with Gasteiger partial charge in [0, 0.05) is 24.7 Å². The van der Waals surface area contributed by atoms with E-state index in [4.69, 9.17) is 9.47 Å². The van der Waals surface area contributed by atoms with Crippen molar-refractivity contribution in [3.63, 3.8) is 0 Å². The van der Waals surface area contributed by atoms with Gasteiger partial charge < -0.3 is 19.4 Å². The molecule has 8 nitrogen and oxygen atoms in total. The normalized spacial score (nSPS) is 31.7. The molecule has 1 amide bonds. The third-order valence-electron chi connectivity index (χ3n) is 7.03. The number of rotatable bonds is 2. The van der Waals surface area contributed by atoms with Crippen LogP contribution in [0.4, 0.5) is 0 Å². The number of aromatic amines is 1. The van der Waals surface area contributed by atoms with Gasteiger partial charge in [0.2, 0.25) is 6.79 Å². The predicted octanol–water partition coefficient (Wildman–Crippen LogP) is 1.20. The highest BCUT2D eigenvalue weighted by molar-refractivity contribution is 5.94. The van der Waals surface area contributed by atoms with E-state index in [9.17, 15) is 9.59 Å². The summed E-state index contributed by atoms with van der Waals surface area (Å²) in [4.78, 5) is 36.5. The molecule has 4 fully saturated rings. The van der Waals surface area contributed by atoms with Crippen molar-refractivity contribution < 1.29 is 14.3 Å². The number of aromatic nitrogens is 2. The summed E-state index contributed by atoms with van der Waals surface area (Å²) >= 11 is 0. The molecule has 1 aromatic carbocycles. The summed E-state index contributed by atoms with van der Waals surface area (Å²) in [6.07, 6.45) is 4.89. The van der Waals surface area contributed by atoms with E-state index in [0.29, 0.717) is 12.5 Å². The first-order chi connectivity index (χ1) is 14.2. The van der Waals surface area contributed by atoms with Crippen molar-refractivity contribution in [2.75, 3.05) is 26.4 Å². The molecule has 8 heteroatoms. The minimum absolute atomic E-state index is 0.119. The van der Waals surface area contributed by atoms with Crippen LogP contribution < -0.4 is 15.0 Å². The summed E-state index contributed by atoms with van der Waals surface area (Å²) in [5.74, 6) is 1.97. The smallest absolute Gasteiger partial charge is 0.263 e. The zero-order valence-corrected chi connectivity index (χ0v) is 15.9. The van der Waals surface area contributed by atoms with Gasteiger partial charge in [-0.25, -0.2) is 4.98 Å². The van der Waals surface area contributed by atoms with Crippen molar-refractivity contribution in [2.45, 2.75) is 30.8 Å². The van der Waals surface area contributed by atoms with Crippen molar-refractivity contribution in [1.29, 1.82) is 0 Å². The lowest BCUT2D eigenvalue weighted by atomic mass is 9.75. The minimum Gasteiger partial charge on any atom is -0.454 e. The molecule has 0 unspecified atom stereocenters. The van der Waals surface area contributed by atoms with Gasteiger partial charge in [0.15, 0.2) is 11.5 Å². The van der Waals surface area contributed by atoms with E-state index in [0.717, 1.165) is 43.0 Å². The molecule has 29 heavy (non-hydrogen) atoms. The Labute approximate surface area is 167 Å². The third-order valence-corrected chi connectivity index (χ3v) is 7.03. The fraction of sp³-hybridized carbons (Fsp3) is 0.476. The number of hydrogen-bond donors (Lipinski definition) is 1. The molecule has 5 aliphatic rings. The summed E-state index contributed by atoms with van der Waals surface area (Å²) in [6, 6.07) is 6.49. The molecule has 0 aliphatic carbocycles. The van der Waals surface area contributed by atoms with E-state index >= 15 is 0 Å². The van der Waals surface area contributed by atoms with Crippen LogP contribution in [-0.4, -0.2) is 64.2 Å². The SMILES string of the molecule is O=C(c1cnc[nH]c1=O)N1C[C@@H](c2ccc3c(c2)OCO3)[C@@H]2[C@H]1C1CCN2CC1. The van der Waals surface area contributed by atoms with Crippen LogP contribution in [0, 0.1) is 5.92 Å². The van der Waals surface area contributed by atoms with Crippen LogP contribution in [0.1, 0.15) is 34.7 Å². The van der Waals surface area contributed by atoms with Crippen LogP contribution in [0.3, 0.4) is 0 Å². The number of amides is 1. The van der Waals surface area contributed by atoms with Gasteiger partial charge >= 0.3 is 0 Å². The molecule has 1 N–H and O–H groups in total. The van der Waals surface area contributed by atoms with Crippen molar-refractivity contribution in [3.05, 3.63) is 52.2 Å². The lowest BCUT2D eigenvalue weighted by molar-refractivity contribution is -0.00348. The highest BCUT2D eigenvalue weighted by Crippen LogP contribution is 2.48. The molecule has 1 aromatic heterocycles. The third kappa shape index (κ3) is 2.51. The topological polar surface area (TPSA) is 87.8 Å². The van der Waals surface area contributed by atoms with Crippen LogP contribution in [0.5, 0.6) is 11.5 Å². The second-order valence-electron chi connectivity index (χ2n) is 8.33. The lowest BCUT2D eigenvalue weighted by Crippen LogP contribution is -2.61. The van der Waals surface area contributed by atoms with Gasteiger partial charge in [0.05, 0.1) is 12.4 Å². The van der Waals surface area contributed by atoms with Crippen molar-refractivity contribution in [3.8, 4) is 11.5 Å². The number of nitrogens with one attached hydrogen (secondary N) is 1. The van der Waals surface area contributed by atoms with E-state index in [-0.39, 0.29) is 41.8 Å². The predicted molar refractivity (Wildman–Crippen MR) is 103 cm³/mol. The number of carbonyl (C=O) groups is 1. The number of likely N-dealkylation sites (tertiary alicyclic amines) is 1. The van der Waals surface area contributed by atoms with Crippen LogP contribution in [0.25, 0.3) is 0 Å². The van der Waals surface area contributed by atoms with Gasteiger partial charge in [-0.05, 0) is 49.5 Å². The minimum atomic E-state index is -0.380. The van der Waals surface area contributed by atoms with Crippen molar-refractivity contribution >= 4 is 5.91 Å². The molecule has 0 radical (unpaired) electrons. The molecule has 0 spiro atoms.